The van der Waals surface area contributed by atoms with Crippen molar-refractivity contribution in [2.45, 2.75) is 58.2 Å². The van der Waals surface area contributed by atoms with Gasteiger partial charge in [-0.15, -0.1) is 0 Å². The molecule has 0 bridgehead atoms. The number of ketones is 1. The number of nitrogens with one attached hydrogen (secondary N) is 1. The summed E-state index contributed by atoms with van der Waals surface area (Å²) in [5.74, 6) is 0.00746. The van der Waals surface area contributed by atoms with Gasteiger partial charge in [0, 0.05) is 0 Å². The fourth-order valence-electron chi connectivity index (χ4n) is 1.79. The Labute approximate surface area is 108 Å². The molecule has 18 heavy (non-hydrogen) atoms. The molecule has 0 spiro atoms. The van der Waals surface area contributed by atoms with E-state index < -0.39 is 17.7 Å². The third-order valence-electron chi connectivity index (χ3n) is 3.22. The minimum Gasteiger partial charge on any atom is -0.361 e. The highest BCUT2D eigenvalue weighted by atomic mass is 16.6. The first-order chi connectivity index (χ1) is 8.30. The molecule has 1 saturated heterocycles. The molecule has 3 unspecified atom stereocenters. The number of nitrogens with two attached hydrogens (primary N) is 1. The highest BCUT2D eigenvalue weighted by molar-refractivity contribution is 5.97. The Kier molecular flexibility index (Phi) is 4.87. The number of hydrogen-bond acceptors (Lipinski definition) is 4. The molecule has 3 N–H and O–H groups in total. The Morgan fingerprint density at radius 3 is 2.39 bits per heavy atom. The summed E-state index contributed by atoms with van der Waals surface area (Å²) in [6, 6.07) is -1.05. The van der Waals surface area contributed by atoms with E-state index in [0.29, 0.717) is 25.4 Å². The number of carbonyl (C=O) groups is 2. The number of epoxide rings is 1. The van der Waals surface area contributed by atoms with Crippen LogP contribution in [0.5, 0.6) is 0 Å². The van der Waals surface area contributed by atoms with E-state index in [4.69, 9.17) is 10.5 Å². The van der Waals surface area contributed by atoms with Crippen LogP contribution in [-0.4, -0.2) is 36.0 Å². The van der Waals surface area contributed by atoms with E-state index in [1.807, 2.05) is 20.8 Å². The fraction of sp³-hybridized carbons (Fsp3) is 0.846. The van der Waals surface area contributed by atoms with Crippen molar-refractivity contribution in [2.75, 3.05) is 6.61 Å². The predicted octanol–water partition coefficient (Wildman–Crippen LogP) is 0.613. The Bertz CT molecular complexity index is 324. The molecule has 0 aromatic heterocycles. The largest absolute Gasteiger partial charge is 0.361 e. The van der Waals surface area contributed by atoms with Crippen LogP contribution < -0.4 is 11.1 Å². The molecule has 1 amide bonds. The van der Waals surface area contributed by atoms with E-state index >= 15 is 0 Å². The van der Waals surface area contributed by atoms with E-state index in [-0.39, 0.29) is 11.7 Å². The second-order valence-corrected chi connectivity index (χ2v) is 5.59. The molecular weight excluding hydrogens is 232 g/mol. The van der Waals surface area contributed by atoms with E-state index in [2.05, 4.69) is 5.32 Å². The van der Waals surface area contributed by atoms with Crippen LogP contribution in [-0.2, 0) is 14.3 Å². The second kappa shape index (κ2) is 5.80. The average Bonchev–Trinajstić information content (AvgIpc) is 3.04. The molecule has 104 valence electrons. The van der Waals surface area contributed by atoms with Crippen LogP contribution in [0, 0.1) is 5.92 Å². The first-order valence-electron chi connectivity index (χ1n) is 6.54. The molecule has 0 radical (unpaired) electrons. The maximum atomic E-state index is 12.2. The number of ether oxygens (including phenoxy) is 1. The molecule has 1 aliphatic rings. The van der Waals surface area contributed by atoms with E-state index in [1.165, 1.54) is 0 Å². The molecule has 1 heterocycles. The van der Waals surface area contributed by atoms with Crippen LogP contribution in [0.15, 0.2) is 0 Å². The van der Waals surface area contributed by atoms with Crippen LogP contribution in [0.4, 0.5) is 0 Å². The zero-order chi connectivity index (χ0) is 13.9. The van der Waals surface area contributed by atoms with Gasteiger partial charge >= 0.3 is 0 Å². The molecule has 5 heteroatoms. The second-order valence-electron chi connectivity index (χ2n) is 5.59. The van der Waals surface area contributed by atoms with Crippen molar-refractivity contribution in [3.05, 3.63) is 0 Å². The SMILES string of the molecule is CCC(N)C(=O)NC(CC(C)C)C(=O)C1(C)CO1. The molecule has 0 aromatic carbocycles. The Balaban J connectivity index is 2.66. The van der Waals surface area contributed by atoms with Crippen LogP contribution in [0.25, 0.3) is 0 Å². The lowest BCUT2D eigenvalue weighted by Crippen LogP contribution is -2.51. The van der Waals surface area contributed by atoms with Crippen LogP contribution in [0.1, 0.15) is 40.5 Å². The predicted molar refractivity (Wildman–Crippen MR) is 69.0 cm³/mol. The zero-order valence-electron chi connectivity index (χ0n) is 11.7. The van der Waals surface area contributed by atoms with Crippen molar-refractivity contribution in [1.82, 2.24) is 5.32 Å². The minimum atomic E-state index is -0.705. The summed E-state index contributed by atoms with van der Waals surface area (Å²) in [6.07, 6.45) is 1.17. The van der Waals surface area contributed by atoms with Gasteiger partial charge in [0.15, 0.2) is 5.78 Å². The molecule has 1 rings (SSSR count). The number of amides is 1. The third-order valence-corrected chi connectivity index (χ3v) is 3.22. The highest BCUT2D eigenvalue weighted by Gasteiger charge is 2.50. The molecule has 1 aliphatic heterocycles. The monoisotopic (exact) mass is 256 g/mol. The number of rotatable bonds is 7. The van der Waals surface area contributed by atoms with Crippen LogP contribution in [0.2, 0.25) is 0 Å². The molecule has 0 aliphatic carbocycles. The van der Waals surface area contributed by atoms with Gasteiger partial charge in [-0.05, 0) is 25.7 Å². The van der Waals surface area contributed by atoms with Gasteiger partial charge in [0.25, 0.3) is 0 Å². The lowest BCUT2D eigenvalue weighted by atomic mass is 9.93. The van der Waals surface area contributed by atoms with Crippen molar-refractivity contribution in [3.63, 3.8) is 0 Å². The molecule has 1 fully saturated rings. The first kappa shape index (κ1) is 15.1. The molecule has 3 atom stereocenters. The Morgan fingerprint density at radius 2 is 2.00 bits per heavy atom. The van der Waals surface area contributed by atoms with E-state index in [9.17, 15) is 9.59 Å². The van der Waals surface area contributed by atoms with Crippen molar-refractivity contribution >= 4 is 11.7 Å². The summed E-state index contributed by atoms with van der Waals surface area (Å²) in [4.78, 5) is 24.0. The highest BCUT2D eigenvalue weighted by Crippen LogP contribution is 2.29. The van der Waals surface area contributed by atoms with Gasteiger partial charge in [-0.2, -0.15) is 0 Å². The van der Waals surface area contributed by atoms with Crippen molar-refractivity contribution < 1.29 is 14.3 Å². The summed E-state index contributed by atoms with van der Waals surface area (Å²) < 4.78 is 5.16. The van der Waals surface area contributed by atoms with Crippen LogP contribution in [0.3, 0.4) is 0 Å². The average molecular weight is 256 g/mol. The van der Waals surface area contributed by atoms with Crippen molar-refractivity contribution in [2.24, 2.45) is 11.7 Å². The lowest BCUT2D eigenvalue weighted by Gasteiger charge is -2.22. The first-order valence-corrected chi connectivity index (χ1v) is 6.54. The van der Waals surface area contributed by atoms with Gasteiger partial charge in [0.1, 0.15) is 5.60 Å². The van der Waals surface area contributed by atoms with Crippen molar-refractivity contribution in [1.29, 1.82) is 0 Å². The summed E-state index contributed by atoms with van der Waals surface area (Å²) in [5, 5.41) is 2.75. The van der Waals surface area contributed by atoms with Gasteiger partial charge in [-0.3, -0.25) is 9.59 Å². The summed E-state index contributed by atoms with van der Waals surface area (Å²) in [7, 11) is 0. The molecule has 0 saturated carbocycles. The lowest BCUT2D eigenvalue weighted by molar-refractivity contribution is -0.131. The summed E-state index contributed by atoms with van der Waals surface area (Å²) in [6.45, 7) is 8.07. The standard InChI is InChI=1S/C13H24N2O3/c1-5-9(14)12(17)15-10(6-8(2)3)11(16)13(4)7-18-13/h8-10H,5-7,14H2,1-4H3,(H,15,17). The van der Waals surface area contributed by atoms with Crippen LogP contribution >= 0.6 is 0 Å². The smallest absolute Gasteiger partial charge is 0.237 e. The zero-order valence-corrected chi connectivity index (χ0v) is 11.7. The van der Waals surface area contributed by atoms with Gasteiger partial charge in [0.2, 0.25) is 5.91 Å². The van der Waals surface area contributed by atoms with Gasteiger partial charge in [-0.1, -0.05) is 20.8 Å². The maximum absolute atomic E-state index is 12.2. The topological polar surface area (TPSA) is 84.7 Å². The minimum absolute atomic E-state index is 0.0483. The van der Waals surface area contributed by atoms with E-state index in [1.54, 1.807) is 6.92 Å². The maximum Gasteiger partial charge on any atom is 0.237 e. The number of hydrogen-bond donors (Lipinski definition) is 2. The molecule has 5 nitrogen and oxygen atoms in total. The third kappa shape index (κ3) is 3.78. The Hall–Kier alpha value is -0.940. The van der Waals surface area contributed by atoms with Crippen molar-refractivity contribution in [3.8, 4) is 0 Å². The van der Waals surface area contributed by atoms with E-state index in [0.717, 1.165) is 0 Å². The quantitative estimate of drug-likeness (QED) is 0.654. The fourth-order valence-corrected chi connectivity index (χ4v) is 1.79. The number of Topliss-reactive ketones (excluding diaryl/α,β-unsaturated/α-hetero) is 1. The molecular formula is C13H24N2O3. The number of carbonyl (C=O) groups excluding carboxylic acids is 2. The van der Waals surface area contributed by atoms with Gasteiger partial charge in [0.05, 0.1) is 18.7 Å². The summed E-state index contributed by atoms with van der Waals surface area (Å²) in [5.41, 5.74) is 4.96. The normalized spacial score (nSPS) is 25.7. The molecule has 0 aromatic rings. The van der Waals surface area contributed by atoms with Gasteiger partial charge in [-0.25, -0.2) is 0 Å². The summed E-state index contributed by atoms with van der Waals surface area (Å²) >= 11 is 0. The van der Waals surface area contributed by atoms with Gasteiger partial charge < -0.3 is 15.8 Å². The Morgan fingerprint density at radius 1 is 1.44 bits per heavy atom.